The third kappa shape index (κ3) is 6.37. The highest BCUT2D eigenvalue weighted by Crippen LogP contribution is 2.40. The van der Waals surface area contributed by atoms with Gasteiger partial charge in [0.1, 0.15) is 0 Å². The lowest BCUT2D eigenvalue weighted by molar-refractivity contribution is -0.129. The highest BCUT2D eigenvalue weighted by Gasteiger charge is 2.47. The summed E-state index contributed by atoms with van der Waals surface area (Å²) in [4.78, 5) is 11.9. The van der Waals surface area contributed by atoms with Gasteiger partial charge < -0.3 is 10.4 Å². The van der Waals surface area contributed by atoms with Crippen molar-refractivity contribution in [3.05, 3.63) is 0 Å². The number of unbranched alkanes of at least 4 members (excludes halogenated alkanes) is 8. The third-order valence-electron chi connectivity index (χ3n) is 5.06. The summed E-state index contributed by atoms with van der Waals surface area (Å²) in [7, 11) is 0. The maximum absolute atomic E-state index is 11.9. The van der Waals surface area contributed by atoms with E-state index in [1.807, 2.05) is 13.8 Å². The average molecular weight is 297 g/mol. The number of hydrogen-bond donors (Lipinski definition) is 2. The molecule has 1 aliphatic rings. The van der Waals surface area contributed by atoms with Crippen LogP contribution in [0.1, 0.15) is 91.4 Å². The van der Waals surface area contributed by atoms with Gasteiger partial charge in [-0.2, -0.15) is 0 Å². The Morgan fingerprint density at radius 1 is 1.05 bits per heavy atom. The smallest absolute Gasteiger partial charge is 0.220 e. The van der Waals surface area contributed by atoms with E-state index >= 15 is 0 Å². The molecule has 1 rings (SSSR count). The van der Waals surface area contributed by atoms with Crippen LogP contribution in [0.25, 0.3) is 0 Å². The van der Waals surface area contributed by atoms with Gasteiger partial charge in [-0.3, -0.25) is 4.79 Å². The second-order valence-corrected chi connectivity index (χ2v) is 7.27. The molecule has 0 aromatic rings. The largest absolute Gasteiger partial charge is 0.392 e. The standard InChI is InChI=1S/C18H35NO2/c1-4-5-6-7-8-9-10-11-12-13-17(21)19-15-14-16(20)18(15,2)3/h15-16,20H,4-14H2,1-3H3,(H,19,21). The van der Waals surface area contributed by atoms with Gasteiger partial charge in [0.15, 0.2) is 0 Å². The summed E-state index contributed by atoms with van der Waals surface area (Å²) in [5, 5.41) is 12.7. The quantitative estimate of drug-likeness (QED) is 0.562. The number of nitrogens with one attached hydrogen (secondary N) is 1. The molecule has 1 amide bonds. The van der Waals surface area contributed by atoms with Crippen molar-refractivity contribution in [1.29, 1.82) is 0 Å². The summed E-state index contributed by atoms with van der Waals surface area (Å²) in [6.45, 7) is 6.28. The zero-order chi connectivity index (χ0) is 15.7. The van der Waals surface area contributed by atoms with Crippen LogP contribution in [0.2, 0.25) is 0 Å². The second kappa shape index (κ2) is 9.45. The predicted octanol–water partition coefficient (Wildman–Crippen LogP) is 4.18. The maximum atomic E-state index is 11.9. The maximum Gasteiger partial charge on any atom is 0.220 e. The molecule has 0 spiro atoms. The molecule has 124 valence electrons. The van der Waals surface area contributed by atoms with Crippen molar-refractivity contribution in [2.24, 2.45) is 5.41 Å². The Balaban J connectivity index is 1.93. The molecule has 0 radical (unpaired) electrons. The third-order valence-corrected chi connectivity index (χ3v) is 5.06. The molecular weight excluding hydrogens is 262 g/mol. The Bertz CT molecular complexity index is 302. The van der Waals surface area contributed by atoms with Crippen molar-refractivity contribution < 1.29 is 9.90 Å². The van der Waals surface area contributed by atoms with Crippen LogP contribution in [0.15, 0.2) is 0 Å². The Kier molecular flexibility index (Phi) is 8.31. The van der Waals surface area contributed by atoms with E-state index in [1.54, 1.807) is 0 Å². The molecule has 0 aromatic heterocycles. The molecular formula is C18H35NO2. The summed E-state index contributed by atoms with van der Waals surface area (Å²) in [5.41, 5.74) is -0.159. The SMILES string of the molecule is CCCCCCCCCCCC(=O)NC1CC(O)C1(C)C. The van der Waals surface area contributed by atoms with Crippen LogP contribution in [-0.4, -0.2) is 23.2 Å². The molecule has 1 saturated carbocycles. The minimum absolute atomic E-state index is 0.151. The molecule has 0 saturated heterocycles. The molecule has 21 heavy (non-hydrogen) atoms. The zero-order valence-electron chi connectivity index (χ0n) is 14.3. The molecule has 1 fully saturated rings. The van der Waals surface area contributed by atoms with Gasteiger partial charge in [-0.05, 0) is 12.8 Å². The highest BCUT2D eigenvalue weighted by atomic mass is 16.3. The van der Waals surface area contributed by atoms with E-state index in [1.165, 1.54) is 44.9 Å². The highest BCUT2D eigenvalue weighted by molar-refractivity contribution is 5.76. The zero-order valence-corrected chi connectivity index (χ0v) is 14.3. The molecule has 2 unspecified atom stereocenters. The van der Waals surface area contributed by atoms with Gasteiger partial charge in [0.25, 0.3) is 0 Å². The van der Waals surface area contributed by atoms with Gasteiger partial charge in [0, 0.05) is 17.9 Å². The lowest BCUT2D eigenvalue weighted by atomic mass is 9.64. The van der Waals surface area contributed by atoms with Crippen LogP contribution >= 0.6 is 0 Å². The molecule has 0 aliphatic heterocycles. The number of rotatable bonds is 11. The summed E-state index contributed by atoms with van der Waals surface area (Å²) in [5.74, 6) is 0.155. The molecule has 2 N–H and O–H groups in total. The molecule has 3 nitrogen and oxygen atoms in total. The van der Waals surface area contributed by atoms with Crippen LogP contribution in [0, 0.1) is 5.41 Å². The first-order valence-corrected chi connectivity index (χ1v) is 8.96. The fraction of sp³-hybridized carbons (Fsp3) is 0.944. The van der Waals surface area contributed by atoms with Crippen molar-refractivity contribution in [3.8, 4) is 0 Å². The van der Waals surface area contributed by atoms with E-state index in [0.29, 0.717) is 12.8 Å². The van der Waals surface area contributed by atoms with E-state index in [0.717, 1.165) is 12.8 Å². The number of carbonyl (C=O) groups is 1. The normalized spacial score (nSPS) is 23.6. The second-order valence-electron chi connectivity index (χ2n) is 7.27. The van der Waals surface area contributed by atoms with Gasteiger partial charge in [-0.25, -0.2) is 0 Å². The van der Waals surface area contributed by atoms with Crippen LogP contribution in [0.4, 0.5) is 0 Å². The molecule has 0 heterocycles. The van der Waals surface area contributed by atoms with E-state index < -0.39 is 0 Å². The topological polar surface area (TPSA) is 49.3 Å². The van der Waals surface area contributed by atoms with Crippen molar-refractivity contribution in [2.75, 3.05) is 0 Å². The van der Waals surface area contributed by atoms with Gasteiger partial charge in [-0.1, -0.05) is 72.1 Å². The molecule has 0 aromatic carbocycles. The lowest BCUT2D eigenvalue weighted by Crippen LogP contribution is -2.61. The Hall–Kier alpha value is -0.570. The Morgan fingerprint density at radius 2 is 1.57 bits per heavy atom. The minimum atomic E-state index is -0.268. The molecule has 3 heteroatoms. The monoisotopic (exact) mass is 297 g/mol. The summed E-state index contributed by atoms with van der Waals surface area (Å²) >= 11 is 0. The van der Waals surface area contributed by atoms with Gasteiger partial charge >= 0.3 is 0 Å². The van der Waals surface area contributed by atoms with E-state index in [2.05, 4.69) is 12.2 Å². The first kappa shape index (κ1) is 18.5. The summed E-state index contributed by atoms with van der Waals surface area (Å²) in [6.07, 6.45) is 12.6. The number of aliphatic hydroxyl groups is 1. The van der Waals surface area contributed by atoms with Gasteiger partial charge in [0.05, 0.1) is 6.10 Å². The number of hydrogen-bond acceptors (Lipinski definition) is 2. The van der Waals surface area contributed by atoms with Gasteiger partial charge in [-0.15, -0.1) is 0 Å². The van der Waals surface area contributed by atoms with Crippen molar-refractivity contribution >= 4 is 5.91 Å². The van der Waals surface area contributed by atoms with E-state index in [4.69, 9.17) is 0 Å². The van der Waals surface area contributed by atoms with Crippen LogP contribution in [0.3, 0.4) is 0 Å². The first-order chi connectivity index (χ1) is 9.98. The Labute approximate surface area is 130 Å². The number of amides is 1. The Morgan fingerprint density at radius 3 is 2.05 bits per heavy atom. The van der Waals surface area contributed by atoms with Crippen LogP contribution < -0.4 is 5.32 Å². The molecule has 2 atom stereocenters. The van der Waals surface area contributed by atoms with Crippen molar-refractivity contribution in [3.63, 3.8) is 0 Å². The predicted molar refractivity (Wildman–Crippen MR) is 88.2 cm³/mol. The van der Waals surface area contributed by atoms with Crippen LogP contribution in [0.5, 0.6) is 0 Å². The number of carbonyl (C=O) groups excluding carboxylic acids is 1. The van der Waals surface area contributed by atoms with Crippen molar-refractivity contribution in [1.82, 2.24) is 5.32 Å². The summed E-state index contributed by atoms with van der Waals surface area (Å²) in [6, 6.07) is 0.151. The fourth-order valence-electron chi connectivity index (χ4n) is 3.01. The molecule has 1 aliphatic carbocycles. The first-order valence-electron chi connectivity index (χ1n) is 8.96. The molecule has 0 bridgehead atoms. The number of aliphatic hydroxyl groups excluding tert-OH is 1. The van der Waals surface area contributed by atoms with Crippen molar-refractivity contribution in [2.45, 2.75) is 104 Å². The average Bonchev–Trinajstić information content (AvgIpc) is 2.45. The minimum Gasteiger partial charge on any atom is -0.392 e. The van der Waals surface area contributed by atoms with Crippen LogP contribution in [-0.2, 0) is 4.79 Å². The van der Waals surface area contributed by atoms with E-state index in [9.17, 15) is 9.90 Å². The lowest BCUT2D eigenvalue weighted by Gasteiger charge is -2.49. The fourth-order valence-corrected chi connectivity index (χ4v) is 3.01. The van der Waals surface area contributed by atoms with E-state index in [-0.39, 0.29) is 23.5 Å². The summed E-state index contributed by atoms with van der Waals surface area (Å²) < 4.78 is 0. The van der Waals surface area contributed by atoms with Gasteiger partial charge in [0.2, 0.25) is 5.91 Å².